The summed E-state index contributed by atoms with van der Waals surface area (Å²) in [7, 11) is 0. The molecule has 14 nitrogen and oxygen atoms in total. The van der Waals surface area contributed by atoms with Crippen molar-refractivity contribution in [2.75, 3.05) is 18.6 Å². The van der Waals surface area contributed by atoms with E-state index in [-0.39, 0.29) is 38.2 Å². The molecule has 2 rings (SSSR count). The highest BCUT2D eigenvalue weighted by Gasteiger charge is 2.30. The number of carboxylic acid groups (broad SMARTS) is 1. The number of carboxylic acids is 1. The minimum Gasteiger partial charge on any atom is -0.480 e. The molecule has 0 radical (unpaired) electrons. The van der Waals surface area contributed by atoms with Crippen LogP contribution in [0.2, 0.25) is 0 Å². The number of nitrogens with one attached hydrogen (secondary N) is 4. The third kappa shape index (κ3) is 12.3. The molecule has 15 heteroatoms. The fourth-order valence-corrected chi connectivity index (χ4v) is 4.35. The van der Waals surface area contributed by atoms with E-state index >= 15 is 0 Å². The molecule has 3 amide bonds. The molecule has 4 unspecified atom stereocenters. The molecule has 41 heavy (non-hydrogen) atoms. The number of H-pyrrole nitrogens is 1. The number of hydrogen-bond acceptors (Lipinski definition) is 8. The van der Waals surface area contributed by atoms with Gasteiger partial charge in [0.05, 0.1) is 12.4 Å². The van der Waals surface area contributed by atoms with Crippen molar-refractivity contribution in [3.8, 4) is 0 Å². The normalized spacial score (nSPS) is 13.7. The summed E-state index contributed by atoms with van der Waals surface area (Å²) in [6, 6.07) is 4.70. The maximum absolute atomic E-state index is 13.5. The average molecular weight is 590 g/mol. The summed E-state index contributed by atoms with van der Waals surface area (Å²) in [4.78, 5) is 62.1. The lowest BCUT2D eigenvalue weighted by molar-refractivity contribution is -0.142. The lowest BCUT2D eigenvalue weighted by Crippen LogP contribution is -2.57. The number of aromatic nitrogens is 2. The molecule has 1 aromatic carbocycles. The van der Waals surface area contributed by atoms with Crippen molar-refractivity contribution in [1.82, 2.24) is 25.9 Å². The quantitative estimate of drug-likeness (QED) is 0.0590. The number of thioether (sulfide) groups is 1. The molecule has 0 aliphatic rings. The maximum Gasteiger partial charge on any atom is 0.326 e. The monoisotopic (exact) mass is 589 g/mol. The zero-order chi connectivity index (χ0) is 30.2. The number of imidazole rings is 1. The van der Waals surface area contributed by atoms with Gasteiger partial charge in [-0.3, -0.25) is 19.4 Å². The van der Waals surface area contributed by atoms with Crippen LogP contribution in [0.3, 0.4) is 0 Å². The van der Waals surface area contributed by atoms with Gasteiger partial charge in [-0.25, -0.2) is 9.78 Å². The summed E-state index contributed by atoms with van der Waals surface area (Å²) in [5, 5.41) is 17.5. The molecule has 0 spiro atoms. The van der Waals surface area contributed by atoms with E-state index in [1.54, 1.807) is 30.5 Å². The van der Waals surface area contributed by atoms with Crippen molar-refractivity contribution in [2.45, 2.75) is 56.3 Å². The fraction of sp³-hybridized carbons (Fsp3) is 0.462. The number of benzene rings is 1. The van der Waals surface area contributed by atoms with Crippen molar-refractivity contribution < 1.29 is 24.3 Å². The summed E-state index contributed by atoms with van der Waals surface area (Å²) in [5.41, 5.74) is 18.2. The molecule has 1 aromatic heterocycles. The topological polar surface area (TPSA) is 244 Å². The number of aliphatic carboxylic acids is 1. The van der Waals surface area contributed by atoms with Crippen LogP contribution in [-0.4, -0.2) is 87.4 Å². The van der Waals surface area contributed by atoms with Crippen molar-refractivity contribution >= 4 is 41.4 Å². The van der Waals surface area contributed by atoms with Crippen LogP contribution in [0.15, 0.2) is 47.8 Å². The number of aliphatic imine (C=N–C) groups is 1. The van der Waals surface area contributed by atoms with E-state index in [2.05, 4.69) is 30.9 Å². The van der Waals surface area contributed by atoms with Gasteiger partial charge in [0.2, 0.25) is 17.7 Å². The number of nitrogens with two attached hydrogens (primary N) is 3. The van der Waals surface area contributed by atoms with Crippen LogP contribution >= 0.6 is 11.8 Å². The van der Waals surface area contributed by atoms with E-state index in [0.29, 0.717) is 17.9 Å². The summed E-state index contributed by atoms with van der Waals surface area (Å²) in [5.74, 6) is -2.62. The lowest BCUT2D eigenvalue weighted by atomic mass is 10.0. The minimum absolute atomic E-state index is 0.0985. The number of aromatic amines is 1. The van der Waals surface area contributed by atoms with Crippen LogP contribution in [0, 0.1) is 0 Å². The molecule has 0 aliphatic heterocycles. The zero-order valence-corrected chi connectivity index (χ0v) is 23.7. The first kappa shape index (κ1) is 33.1. The molecule has 0 bridgehead atoms. The Bertz CT molecular complexity index is 1140. The number of hydrogen-bond donors (Lipinski definition) is 8. The van der Waals surface area contributed by atoms with Crippen LogP contribution < -0.4 is 33.2 Å². The van der Waals surface area contributed by atoms with Gasteiger partial charge in [-0.05, 0) is 36.8 Å². The predicted octanol–water partition coefficient (Wildman–Crippen LogP) is -1.13. The highest BCUT2D eigenvalue weighted by atomic mass is 32.2. The third-order valence-electron chi connectivity index (χ3n) is 6.05. The first-order valence-electron chi connectivity index (χ1n) is 13.1. The summed E-state index contributed by atoms with van der Waals surface area (Å²) in [6.07, 6.45) is 5.82. The average Bonchev–Trinajstić information content (AvgIpc) is 3.45. The Morgan fingerprint density at radius 1 is 0.976 bits per heavy atom. The molecule has 0 fully saturated rings. The maximum atomic E-state index is 13.5. The second-order valence-electron chi connectivity index (χ2n) is 9.33. The number of carbonyl (C=O) groups excluding carboxylic acids is 3. The van der Waals surface area contributed by atoms with E-state index < -0.39 is 47.9 Å². The Morgan fingerprint density at radius 3 is 2.24 bits per heavy atom. The summed E-state index contributed by atoms with van der Waals surface area (Å²) in [6.45, 7) is 0.214. The SMILES string of the molecule is CSCCC(NC(=O)C(Cc1ccccc1)NC(=O)C(CCCN=C(N)N)NC(=O)C(N)Cc1cnc[nH]1)C(=O)O. The van der Waals surface area contributed by atoms with E-state index in [1.165, 1.54) is 18.1 Å². The fourth-order valence-electron chi connectivity index (χ4n) is 3.87. The first-order valence-corrected chi connectivity index (χ1v) is 14.4. The van der Waals surface area contributed by atoms with Gasteiger partial charge in [-0.1, -0.05) is 30.3 Å². The number of amides is 3. The van der Waals surface area contributed by atoms with E-state index in [1.807, 2.05) is 12.3 Å². The van der Waals surface area contributed by atoms with Crippen LogP contribution in [0.1, 0.15) is 30.5 Å². The van der Waals surface area contributed by atoms with Gasteiger partial charge in [0.1, 0.15) is 18.1 Å². The van der Waals surface area contributed by atoms with Crippen LogP contribution in [0.4, 0.5) is 0 Å². The van der Waals surface area contributed by atoms with Gasteiger partial charge < -0.3 is 43.2 Å². The second kappa shape index (κ2) is 17.6. The minimum atomic E-state index is -1.17. The Labute approximate surface area is 242 Å². The van der Waals surface area contributed by atoms with Gasteiger partial charge in [-0.15, -0.1) is 0 Å². The molecule has 0 saturated carbocycles. The molecule has 4 atom stereocenters. The Hall–Kier alpha value is -4.11. The van der Waals surface area contributed by atoms with Gasteiger partial charge in [0.15, 0.2) is 5.96 Å². The van der Waals surface area contributed by atoms with Crippen LogP contribution in [-0.2, 0) is 32.0 Å². The van der Waals surface area contributed by atoms with Gasteiger partial charge in [0.25, 0.3) is 0 Å². The van der Waals surface area contributed by atoms with Crippen LogP contribution in [0.5, 0.6) is 0 Å². The van der Waals surface area contributed by atoms with Crippen LogP contribution in [0.25, 0.3) is 0 Å². The van der Waals surface area contributed by atoms with E-state index in [9.17, 15) is 24.3 Å². The molecule has 11 N–H and O–H groups in total. The molecule has 224 valence electrons. The number of rotatable bonds is 18. The summed E-state index contributed by atoms with van der Waals surface area (Å²) < 4.78 is 0. The Morgan fingerprint density at radius 2 is 1.63 bits per heavy atom. The number of nitrogens with zero attached hydrogens (tertiary/aromatic N) is 2. The van der Waals surface area contributed by atoms with Gasteiger partial charge in [0, 0.05) is 31.3 Å². The van der Waals surface area contributed by atoms with Crippen molar-refractivity contribution in [1.29, 1.82) is 0 Å². The Kier molecular flexibility index (Phi) is 14.2. The molecule has 2 aromatic rings. The molecule has 0 aliphatic carbocycles. The second-order valence-corrected chi connectivity index (χ2v) is 10.3. The van der Waals surface area contributed by atoms with Crippen molar-refractivity contribution in [3.63, 3.8) is 0 Å². The third-order valence-corrected chi connectivity index (χ3v) is 6.69. The van der Waals surface area contributed by atoms with Crippen molar-refractivity contribution in [2.24, 2.45) is 22.2 Å². The number of guanidine groups is 1. The van der Waals surface area contributed by atoms with E-state index in [0.717, 1.165) is 5.56 Å². The highest BCUT2D eigenvalue weighted by molar-refractivity contribution is 7.98. The predicted molar refractivity (Wildman–Crippen MR) is 157 cm³/mol. The highest BCUT2D eigenvalue weighted by Crippen LogP contribution is 2.08. The Balaban J connectivity index is 2.21. The standard InChI is InChI=1S/C26H39N9O5S/c1-41-11-9-20(25(39)40)34-24(38)21(12-16-6-3-2-4-7-16)35-23(37)19(8-5-10-31-26(28)29)33-22(36)18(27)13-17-14-30-15-32-17/h2-4,6-7,14-15,18-21H,5,8-13,27H2,1H3,(H,30,32)(H,33,36)(H,34,38)(H,35,37)(H,39,40)(H4,28,29,31). The molecular formula is C26H39N9O5S. The van der Waals surface area contributed by atoms with Gasteiger partial charge in [-0.2, -0.15) is 11.8 Å². The molecule has 1 heterocycles. The first-order chi connectivity index (χ1) is 19.6. The lowest BCUT2D eigenvalue weighted by Gasteiger charge is -2.25. The number of carbonyl (C=O) groups is 4. The summed E-state index contributed by atoms with van der Waals surface area (Å²) >= 11 is 1.45. The smallest absolute Gasteiger partial charge is 0.326 e. The largest absolute Gasteiger partial charge is 0.480 e. The van der Waals surface area contributed by atoms with Gasteiger partial charge >= 0.3 is 5.97 Å². The zero-order valence-electron chi connectivity index (χ0n) is 22.9. The van der Waals surface area contributed by atoms with Crippen molar-refractivity contribution in [3.05, 3.63) is 54.1 Å². The molecular weight excluding hydrogens is 550 g/mol. The molecule has 0 saturated heterocycles. The van der Waals surface area contributed by atoms with E-state index in [4.69, 9.17) is 17.2 Å².